The van der Waals surface area contributed by atoms with Crippen LogP contribution in [0.3, 0.4) is 0 Å². The van der Waals surface area contributed by atoms with Gasteiger partial charge in [0.1, 0.15) is 5.52 Å². The van der Waals surface area contributed by atoms with Gasteiger partial charge >= 0.3 is 0 Å². The fourth-order valence-corrected chi connectivity index (χ4v) is 2.66. The largest absolute Gasteiger partial charge is 0.441 e. The van der Waals surface area contributed by atoms with Gasteiger partial charge in [0.2, 0.25) is 5.91 Å². The SMILES string of the molecule is CCN(Cc1ccccc1)C(=O)Cc1ccc2oc(C)nc2c1. The van der Waals surface area contributed by atoms with E-state index >= 15 is 0 Å². The summed E-state index contributed by atoms with van der Waals surface area (Å²) in [6, 6.07) is 15.8. The van der Waals surface area contributed by atoms with Crippen molar-refractivity contribution in [3.8, 4) is 0 Å². The molecule has 0 saturated heterocycles. The average Bonchev–Trinajstić information content (AvgIpc) is 2.92. The van der Waals surface area contributed by atoms with Gasteiger partial charge in [-0.1, -0.05) is 36.4 Å². The summed E-state index contributed by atoms with van der Waals surface area (Å²) in [6.45, 7) is 5.16. The first-order valence-corrected chi connectivity index (χ1v) is 7.83. The van der Waals surface area contributed by atoms with Crippen LogP contribution in [0.4, 0.5) is 0 Å². The molecule has 23 heavy (non-hydrogen) atoms. The van der Waals surface area contributed by atoms with Gasteiger partial charge in [-0.15, -0.1) is 0 Å². The maximum atomic E-state index is 12.6. The van der Waals surface area contributed by atoms with Crippen molar-refractivity contribution in [2.45, 2.75) is 26.8 Å². The molecule has 0 aliphatic carbocycles. The maximum absolute atomic E-state index is 12.6. The van der Waals surface area contributed by atoms with E-state index in [1.54, 1.807) is 0 Å². The molecule has 0 atom stereocenters. The minimum Gasteiger partial charge on any atom is -0.441 e. The molecule has 0 aliphatic heterocycles. The minimum atomic E-state index is 0.121. The Morgan fingerprint density at radius 1 is 1.13 bits per heavy atom. The topological polar surface area (TPSA) is 46.3 Å². The van der Waals surface area contributed by atoms with Crippen molar-refractivity contribution in [3.05, 3.63) is 65.5 Å². The Morgan fingerprint density at radius 2 is 1.91 bits per heavy atom. The van der Waals surface area contributed by atoms with Crippen molar-refractivity contribution in [1.29, 1.82) is 0 Å². The third-order valence-electron chi connectivity index (χ3n) is 3.86. The minimum absolute atomic E-state index is 0.121. The van der Waals surface area contributed by atoms with Crippen LogP contribution >= 0.6 is 0 Å². The number of benzene rings is 2. The van der Waals surface area contributed by atoms with E-state index in [1.165, 1.54) is 0 Å². The highest BCUT2D eigenvalue weighted by molar-refractivity contribution is 5.81. The Balaban J connectivity index is 1.72. The number of amides is 1. The molecule has 1 heterocycles. The normalized spacial score (nSPS) is 10.9. The maximum Gasteiger partial charge on any atom is 0.227 e. The first kappa shape index (κ1) is 15.3. The van der Waals surface area contributed by atoms with Crippen LogP contribution in [0.5, 0.6) is 0 Å². The van der Waals surface area contributed by atoms with Crippen molar-refractivity contribution in [3.63, 3.8) is 0 Å². The number of rotatable bonds is 5. The summed E-state index contributed by atoms with van der Waals surface area (Å²) in [6.07, 6.45) is 0.378. The zero-order valence-corrected chi connectivity index (χ0v) is 13.5. The quantitative estimate of drug-likeness (QED) is 0.721. The predicted octanol–water partition coefficient (Wildman–Crippen LogP) is 3.73. The number of oxazole rings is 1. The summed E-state index contributed by atoms with van der Waals surface area (Å²) in [5, 5.41) is 0. The van der Waals surface area contributed by atoms with Gasteiger partial charge in [-0.25, -0.2) is 4.98 Å². The fourth-order valence-electron chi connectivity index (χ4n) is 2.66. The molecule has 2 aromatic carbocycles. The number of hydrogen-bond acceptors (Lipinski definition) is 3. The first-order valence-electron chi connectivity index (χ1n) is 7.83. The number of hydrogen-bond donors (Lipinski definition) is 0. The Kier molecular flexibility index (Phi) is 4.42. The number of carbonyl (C=O) groups excluding carboxylic acids is 1. The first-order chi connectivity index (χ1) is 11.2. The molecule has 3 aromatic rings. The highest BCUT2D eigenvalue weighted by atomic mass is 16.3. The highest BCUT2D eigenvalue weighted by Gasteiger charge is 2.14. The molecule has 0 saturated carbocycles. The van der Waals surface area contributed by atoms with Gasteiger partial charge in [0.25, 0.3) is 0 Å². The summed E-state index contributed by atoms with van der Waals surface area (Å²) in [7, 11) is 0. The lowest BCUT2D eigenvalue weighted by Crippen LogP contribution is -2.31. The number of nitrogens with zero attached hydrogens (tertiary/aromatic N) is 2. The molecule has 0 radical (unpaired) electrons. The van der Waals surface area contributed by atoms with Gasteiger partial charge < -0.3 is 9.32 Å². The van der Waals surface area contributed by atoms with E-state index in [2.05, 4.69) is 4.98 Å². The van der Waals surface area contributed by atoms with Crippen LogP contribution in [0.25, 0.3) is 11.1 Å². The molecule has 1 amide bonds. The van der Waals surface area contributed by atoms with Gasteiger partial charge in [-0.2, -0.15) is 0 Å². The summed E-state index contributed by atoms with van der Waals surface area (Å²) >= 11 is 0. The lowest BCUT2D eigenvalue weighted by Gasteiger charge is -2.21. The highest BCUT2D eigenvalue weighted by Crippen LogP contribution is 2.18. The zero-order valence-electron chi connectivity index (χ0n) is 13.5. The molecule has 4 heteroatoms. The molecule has 0 fully saturated rings. The Morgan fingerprint density at radius 3 is 2.65 bits per heavy atom. The molecule has 1 aromatic heterocycles. The van der Waals surface area contributed by atoms with E-state index in [-0.39, 0.29) is 5.91 Å². The standard InChI is InChI=1S/C19H20N2O2/c1-3-21(13-15-7-5-4-6-8-15)19(22)12-16-9-10-18-17(11-16)20-14(2)23-18/h4-11H,3,12-13H2,1-2H3. The average molecular weight is 308 g/mol. The molecule has 0 bridgehead atoms. The fraction of sp³-hybridized carbons (Fsp3) is 0.263. The van der Waals surface area contributed by atoms with E-state index in [9.17, 15) is 4.79 Å². The molecule has 3 rings (SSSR count). The van der Waals surface area contributed by atoms with E-state index < -0.39 is 0 Å². The van der Waals surface area contributed by atoms with Crippen LogP contribution in [0.15, 0.2) is 52.9 Å². The van der Waals surface area contributed by atoms with Crippen LogP contribution < -0.4 is 0 Å². The van der Waals surface area contributed by atoms with Gasteiger partial charge in [-0.3, -0.25) is 4.79 Å². The second-order valence-electron chi connectivity index (χ2n) is 5.61. The summed E-state index contributed by atoms with van der Waals surface area (Å²) < 4.78 is 5.47. The van der Waals surface area contributed by atoms with Crippen LogP contribution in [-0.4, -0.2) is 22.3 Å². The van der Waals surface area contributed by atoms with Crippen molar-refractivity contribution in [2.75, 3.05) is 6.54 Å². The van der Waals surface area contributed by atoms with Crippen molar-refractivity contribution < 1.29 is 9.21 Å². The van der Waals surface area contributed by atoms with Crippen molar-refractivity contribution >= 4 is 17.0 Å². The van der Waals surface area contributed by atoms with Crippen LogP contribution in [-0.2, 0) is 17.8 Å². The van der Waals surface area contributed by atoms with Crippen LogP contribution in [0.2, 0.25) is 0 Å². The second-order valence-corrected chi connectivity index (χ2v) is 5.61. The van der Waals surface area contributed by atoms with Crippen LogP contribution in [0.1, 0.15) is 23.9 Å². The number of fused-ring (bicyclic) bond motifs is 1. The summed E-state index contributed by atoms with van der Waals surface area (Å²) in [5.74, 6) is 0.763. The molecule has 0 N–H and O–H groups in total. The number of carbonyl (C=O) groups is 1. The molecule has 118 valence electrons. The summed E-state index contributed by atoms with van der Waals surface area (Å²) in [5.41, 5.74) is 3.67. The Bertz CT molecular complexity index is 809. The molecule has 0 unspecified atom stereocenters. The number of likely N-dealkylation sites (N-methyl/N-ethyl adjacent to an activating group) is 1. The Hall–Kier alpha value is -2.62. The molecular formula is C19H20N2O2. The monoisotopic (exact) mass is 308 g/mol. The van der Waals surface area contributed by atoms with Gasteiger partial charge in [-0.05, 0) is 30.2 Å². The van der Waals surface area contributed by atoms with Gasteiger partial charge in [0.05, 0.1) is 6.42 Å². The van der Waals surface area contributed by atoms with Gasteiger partial charge in [0, 0.05) is 20.0 Å². The van der Waals surface area contributed by atoms with Crippen LogP contribution in [0, 0.1) is 6.92 Å². The van der Waals surface area contributed by atoms with Crippen molar-refractivity contribution in [2.24, 2.45) is 0 Å². The second kappa shape index (κ2) is 6.65. The lowest BCUT2D eigenvalue weighted by atomic mass is 10.1. The molecule has 4 nitrogen and oxygen atoms in total. The van der Waals surface area contributed by atoms with E-state index in [4.69, 9.17) is 4.42 Å². The lowest BCUT2D eigenvalue weighted by molar-refractivity contribution is -0.130. The van der Waals surface area contributed by atoms with Crippen molar-refractivity contribution in [1.82, 2.24) is 9.88 Å². The zero-order chi connectivity index (χ0) is 16.2. The molecular weight excluding hydrogens is 288 g/mol. The van der Waals surface area contributed by atoms with E-state index in [0.717, 1.165) is 22.2 Å². The third kappa shape index (κ3) is 3.59. The van der Waals surface area contributed by atoms with Gasteiger partial charge in [0.15, 0.2) is 11.5 Å². The predicted molar refractivity (Wildman–Crippen MR) is 90.0 cm³/mol. The number of aromatic nitrogens is 1. The van der Waals surface area contributed by atoms with E-state index in [1.807, 2.05) is 67.3 Å². The molecule has 0 aliphatic rings. The molecule has 0 spiro atoms. The van der Waals surface area contributed by atoms with E-state index in [0.29, 0.717) is 25.4 Å². The Labute approximate surface area is 135 Å². The third-order valence-corrected chi connectivity index (χ3v) is 3.86. The summed E-state index contributed by atoms with van der Waals surface area (Å²) in [4.78, 5) is 18.8. The number of aryl methyl sites for hydroxylation is 1. The smallest absolute Gasteiger partial charge is 0.227 e.